The second-order valence-electron chi connectivity index (χ2n) is 5.38. The van der Waals surface area contributed by atoms with Crippen molar-refractivity contribution < 1.29 is 14.4 Å². The highest BCUT2D eigenvalue weighted by Gasteiger charge is 2.18. The van der Waals surface area contributed by atoms with E-state index in [4.69, 9.17) is 5.21 Å². The predicted octanol–water partition coefficient (Wildman–Crippen LogP) is 1.48. The van der Waals surface area contributed by atoms with Gasteiger partial charge in [0.25, 0.3) is 5.91 Å². The van der Waals surface area contributed by atoms with Gasteiger partial charge in [-0.25, -0.2) is 4.39 Å². The molecule has 0 unspecified atom stereocenters. The highest BCUT2D eigenvalue weighted by Crippen LogP contribution is 2.21. The van der Waals surface area contributed by atoms with Crippen molar-refractivity contribution in [3.8, 4) is 0 Å². The van der Waals surface area contributed by atoms with Gasteiger partial charge in [-0.15, -0.1) is 0 Å². The Morgan fingerprint density at radius 2 is 2.38 bits per heavy atom. The van der Waals surface area contributed by atoms with Crippen molar-refractivity contribution in [1.29, 1.82) is 0 Å². The number of hydrogen-bond donors (Lipinski definition) is 2. The third-order valence-electron chi connectivity index (χ3n) is 3.61. The van der Waals surface area contributed by atoms with Crippen LogP contribution in [0.4, 0.5) is 4.39 Å². The molecule has 0 spiro atoms. The number of carbonyl (C=O) groups excluding carboxylic acids is 1. The maximum atomic E-state index is 12.6. The van der Waals surface area contributed by atoms with Gasteiger partial charge in [-0.05, 0) is 30.0 Å². The van der Waals surface area contributed by atoms with Gasteiger partial charge >= 0.3 is 0 Å². The second kappa shape index (κ2) is 7.17. The molecule has 1 atom stereocenters. The molecule has 0 radical (unpaired) electrons. The molecule has 1 heterocycles. The maximum Gasteiger partial charge on any atom is 0.266 e. The normalized spacial score (nSPS) is 16.7. The summed E-state index contributed by atoms with van der Waals surface area (Å²) in [5.41, 5.74) is 3.16. The standard InChI is InChI=1S/C15H20FN3O2/c1-11(18-15(20)8-17-21)9-19-5-4-13-6-12(7-16)2-3-14(13)10-19/h2-3,6,8,11,21H,4-5,7,9-10H2,1H3,(H,18,20)/b17-8-/t11-/m0/s1. The topological polar surface area (TPSA) is 64.9 Å². The van der Waals surface area contributed by atoms with E-state index in [2.05, 4.69) is 15.4 Å². The smallest absolute Gasteiger partial charge is 0.266 e. The van der Waals surface area contributed by atoms with Crippen molar-refractivity contribution in [2.45, 2.75) is 32.6 Å². The Hall–Kier alpha value is -1.95. The lowest BCUT2D eigenvalue weighted by Crippen LogP contribution is -2.44. The lowest BCUT2D eigenvalue weighted by atomic mass is 9.97. The lowest BCUT2D eigenvalue weighted by molar-refractivity contribution is -0.115. The number of nitrogens with zero attached hydrogens (tertiary/aromatic N) is 2. The molecule has 1 aliphatic rings. The number of carbonyl (C=O) groups is 1. The molecular formula is C15H20FN3O2. The van der Waals surface area contributed by atoms with Gasteiger partial charge < -0.3 is 10.5 Å². The first kappa shape index (κ1) is 15.4. The fraction of sp³-hybridized carbons (Fsp3) is 0.467. The molecule has 0 aromatic heterocycles. The van der Waals surface area contributed by atoms with E-state index in [-0.39, 0.29) is 6.04 Å². The minimum atomic E-state index is -0.424. The molecule has 21 heavy (non-hydrogen) atoms. The Labute approximate surface area is 123 Å². The summed E-state index contributed by atoms with van der Waals surface area (Å²) in [4.78, 5) is 13.5. The second-order valence-corrected chi connectivity index (χ2v) is 5.38. The zero-order chi connectivity index (χ0) is 15.2. The molecular weight excluding hydrogens is 273 g/mol. The molecule has 1 aliphatic heterocycles. The minimum absolute atomic E-state index is 0.0397. The fourth-order valence-electron chi connectivity index (χ4n) is 2.67. The molecule has 0 aliphatic carbocycles. The van der Waals surface area contributed by atoms with Crippen molar-refractivity contribution in [2.75, 3.05) is 13.1 Å². The Kier molecular flexibility index (Phi) is 5.27. The average molecular weight is 293 g/mol. The van der Waals surface area contributed by atoms with Crippen LogP contribution in [0.25, 0.3) is 0 Å². The third kappa shape index (κ3) is 4.26. The quantitative estimate of drug-likeness (QED) is 0.491. The summed E-state index contributed by atoms with van der Waals surface area (Å²) in [6.07, 6.45) is 1.74. The molecule has 1 amide bonds. The molecule has 0 saturated carbocycles. The number of halogens is 1. The first-order valence-corrected chi connectivity index (χ1v) is 6.99. The Bertz CT molecular complexity index is 534. The van der Waals surface area contributed by atoms with Crippen molar-refractivity contribution in [3.63, 3.8) is 0 Å². The molecule has 2 rings (SSSR count). The molecule has 0 fully saturated rings. The summed E-state index contributed by atoms with van der Waals surface area (Å²) in [7, 11) is 0. The van der Waals surface area contributed by atoms with Gasteiger partial charge in [-0.1, -0.05) is 23.4 Å². The van der Waals surface area contributed by atoms with Crippen molar-refractivity contribution in [1.82, 2.24) is 10.2 Å². The lowest BCUT2D eigenvalue weighted by Gasteiger charge is -2.31. The summed E-state index contributed by atoms with van der Waals surface area (Å²) >= 11 is 0. The van der Waals surface area contributed by atoms with E-state index in [0.29, 0.717) is 0 Å². The minimum Gasteiger partial charge on any atom is -0.411 e. The van der Waals surface area contributed by atoms with E-state index in [1.54, 1.807) is 0 Å². The first-order chi connectivity index (χ1) is 10.1. The van der Waals surface area contributed by atoms with Crippen LogP contribution >= 0.6 is 0 Å². The number of fused-ring (bicyclic) bond motifs is 1. The molecule has 2 N–H and O–H groups in total. The van der Waals surface area contributed by atoms with Crippen LogP contribution in [0.2, 0.25) is 0 Å². The van der Waals surface area contributed by atoms with Crippen LogP contribution in [-0.4, -0.2) is 41.4 Å². The molecule has 1 aromatic rings. The van der Waals surface area contributed by atoms with Gasteiger partial charge in [-0.2, -0.15) is 0 Å². The zero-order valence-corrected chi connectivity index (χ0v) is 12.1. The first-order valence-electron chi connectivity index (χ1n) is 6.99. The third-order valence-corrected chi connectivity index (χ3v) is 3.61. The van der Waals surface area contributed by atoms with Crippen LogP contribution in [0.3, 0.4) is 0 Å². The van der Waals surface area contributed by atoms with Crippen LogP contribution in [0.1, 0.15) is 23.6 Å². The summed E-state index contributed by atoms with van der Waals surface area (Å²) in [5.74, 6) is -0.407. The van der Waals surface area contributed by atoms with Crippen LogP contribution in [-0.2, 0) is 24.4 Å². The summed E-state index contributed by atoms with van der Waals surface area (Å²) in [6, 6.07) is 5.71. The van der Waals surface area contributed by atoms with Crippen LogP contribution in [0.5, 0.6) is 0 Å². The van der Waals surface area contributed by atoms with Gasteiger partial charge in [0.2, 0.25) is 0 Å². The summed E-state index contributed by atoms with van der Waals surface area (Å²) in [6.45, 7) is 3.89. The van der Waals surface area contributed by atoms with E-state index in [9.17, 15) is 9.18 Å². The van der Waals surface area contributed by atoms with Gasteiger partial charge in [0.1, 0.15) is 12.9 Å². The van der Waals surface area contributed by atoms with Crippen molar-refractivity contribution in [2.24, 2.45) is 5.16 Å². The van der Waals surface area contributed by atoms with E-state index < -0.39 is 12.6 Å². The van der Waals surface area contributed by atoms with Crippen LogP contribution in [0, 0.1) is 0 Å². The van der Waals surface area contributed by atoms with E-state index in [1.165, 1.54) is 11.1 Å². The number of benzene rings is 1. The zero-order valence-electron chi connectivity index (χ0n) is 12.1. The average Bonchev–Trinajstić information content (AvgIpc) is 2.46. The fourth-order valence-corrected chi connectivity index (χ4v) is 2.67. The van der Waals surface area contributed by atoms with Crippen molar-refractivity contribution >= 4 is 12.1 Å². The van der Waals surface area contributed by atoms with Crippen LogP contribution < -0.4 is 5.32 Å². The molecule has 6 heteroatoms. The molecule has 5 nitrogen and oxygen atoms in total. The number of alkyl halides is 1. The number of nitrogens with one attached hydrogen (secondary N) is 1. The largest absolute Gasteiger partial charge is 0.411 e. The number of hydrogen-bond acceptors (Lipinski definition) is 4. The SMILES string of the molecule is C[C@@H](CN1CCc2cc(CF)ccc2C1)NC(=O)/C=N\O. The van der Waals surface area contributed by atoms with Gasteiger partial charge in [-0.3, -0.25) is 9.69 Å². The summed E-state index contributed by atoms with van der Waals surface area (Å²) < 4.78 is 12.6. The molecule has 114 valence electrons. The molecule has 0 bridgehead atoms. The number of rotatable bonds is 5. The number of oxime groups is 1. The van der Waals surface area contributed by atoms with Crippen LogP contribution in [0.15, 0.2) is 23.4 Å². The van der Waals surface area contributed by atoms with Gasteiger partial charge in [0.05, 0.1) is 0 Å². The van der Waals surface area contributed by atoms with Gasteiger partial charge in [0.15, 0.2) is 0 Å². The number of amides is 1. The molecule has 0 saturated heterocycles. The van der Waals surface area contributed by atoms with E-state index in [1.807, 2.05) is 25.1 Å². The summed E-state index contributed by atoms with van der Waals surface area (Å²) in [5, 5.41) is 13.7. The monoisotopic (exact) mass is 293 g/mol. The van der Waals surface area contributed by atoms with Gasteiger partial charge in [0, 0.05) is 25.7 Å². The predicted molar refractivity (Wildman–Crippen MR) is 78.1 cm³/mol. The highest BCUT2D eigenvalue weighted by molar-refractivity contribution is 6.26. The highest BCUT2D eigenvalue weighted by atomic mass is 19.1. The Balaban J connectivity index is 1.91. The maximum absolute atomic E-state index is 12.6. The Morgan fingerprint density at radius 1 is 1.57 bits per heavy atom. The van der Waals surface area contributed by atoms with Crippen molar-refractivity contribution in [3.05, 3.63) is 34.9 Å². The molecule has 1 aromatic carbocycles. The van der Waals surface area contributed by atoms with E-state index >= 15 is 0 Å². The Morgan fingerprint density at radius 3 is 3.10 bits per heavy atom. The van der Waals surface area contributed by atoms with E-state index in [0.717, 1.165) is 37.8 Å².